The lowest BCUT2D eigenvalue weighted by molar-refractivity contribution is 0.160. The van der Waals surface area contributed by atoms with E-state index in [-0.39, 0.29) is 13.2 Å². The van der Waals surface area contributed by atoms with Gasteiger partial charge in [-0.1, -0.05) is 23.7 Å². The molecular weight excluding hydrogens is 238 g/mol. The van der Waals surface area contributed by atoms with Crippen molar-refractivity contribution in [3.05, 3.63) is 34.9 Å². The molecule has 0 spiro atoms. The normalized spacial score (nSPS) is 11.1. The van der Waals surface area contributed by atoms with Crippen LogP contribution in [0.25, 0.3) is 0 Å². The van der Waals surface area contributed by atoms with Gasteiger partial charge in [-0.15, -0.1) is 0 Å². The van der Waals surface area contributed by atoms with Crippen LogP contribution in [0.1, 0.15) is 12.0 Å². The summed E-state index contributed by atoms with van der Waals surface area (Å²) in [6, 6.07) is 7.86. The van der Waals surface area contributed by atoms with E-state index >= 15 is 0 Å². The first-order valence-electron chi connectivity index (χ1n) is 5.95. The van der Waals surface area contributed by atoms with Crippen LogP contribution in [-0.4, -0.2) is 48.0 Å². The zero-order valence-corrected chi connectivity index (χ0v) is 10.7. The molecule has 96 valence electrons. The van der Waals surface area contributed by atoms with E-state index in [9.17, 15) is 0 Å². The van der Waals surface area contributed by atoms with Gasteiger partial charge in [0.05, 0.1) is 13.2 Å². The minimum absolute atomic E-state index is 0.140. The molecule has 0 aliphatic carbocycles. The van der Waals surface area contributed by atoms with E-state index in [0.29, 0.717) is 13.1 Å². The van der Waals surface area contributed by atoms with Crippen molar-refractivity contribution in [1.29, 1.82) is 0 Å². The molecule has 0 amide bonds. The van der Waals surface area contributed by atoms with Gasteiger partial charge in [-0.3, -0.25) is 4.90 Å². The standard InChI is InChI=1S/C13H20ClNO2/c14-13-5-3-12(4-6-13)2-1-7-15(8-10-16)9-11-17/h3-6,16-17H,1-2,7-11H2. The van der Waals surface area contributed by atoms with Crippen molar-refractivity contribution in [2.75, 3.05) is 32.8 Å². The number of aliphatic hydroxyl groups excluding tert-OH is 2. The first-order chi connectivity index (χ1) is 8.26. The third kappa shape index (κ3) is 6.03. The summed E-state index contributed by atoms with van der Waals surface area (Å²) in [6.45, 7) is 2.42. The number of aryl methyl sites for hydroxylation is 1. The Morgan fingerprint density at radius 1 is 0.941 bits per heavy atom. The number of hydrogen-bond donors (Lipinski definition) is 2. The maximum atomic E-state index is 8.87. The Balaban J connectivity index is 2.27. The fraction of sp³-hybridized carbons (Fsp3) is 0.538. The van der Waals surface area contributed by atoms with Crippen molar-refractivity contribution >= 4 is 11.6 Å². The average molecular weight is 258 g/mol. The fourth-order valence-corrected chi connectivity index (χ4v) is 1.90. The Labute approximate surface area is 108 Å². The van der Waals surface area contributed by atoms with Crippen molar-refractivity contribution in [2.45, 2.75) is 12.8 Å². The number of benzene rings is 1. The second-order valence-electron chi connectivity index (χ2n) is 4.02. The van der Waals surface area contributed by atoms with E-state index in [4.69, 9.17) is 21.8 Å². The molecule has 4 heteroatoms. The first kappa shape index (κ1) is 14.5. The molecular formula is C13H20ClNO2. The van der Waals surface area contributed by atoms with Gasteiger partial charge in [0.2, 0.25) is 0 Å². The zero-order chi connectivity index (χ0) is 12.5. The molecule has 1 aromatic carbocycles. The second-order valence-corrected chi connectivity index (χ2v) is 4.46. The Hall–Kier alpha value is -0.610. The van der Waals surface area contributed by atoms with Crippen LogP contribution in [0.4, 0.5) is 0 Å². The fourth-order valence-electron chi connectivity index (χ4n) is 1.78. The summed E-state index contributed by atoms with van der Waals surface area (Å²) in [5.74, 6) is 0. The van der Waals surface area contributed by atoms with Crippen molar-refractivity contribution in [3.63, 3.8) is 0 Å². The Kier molecular flexibility index (Phi) is 7.21. The summed E-state index contributed by atoms with van der Waals surface area (Å²) in [6.07, 6.45) is 2.01. The van der Waals surface area contributed by atoms with Crippen LogP contribution >= 0.6 is 11.6 Å². The van der Waals surface area contributed by atoms with Crippen LogP contribution in [0.2, 0.25) is 5.02 Å². The molecule has 3 nitrogen and oxygen atoms in total. The minimum Gasteiger partial charge on any atom is -0.395 e. The van der Waals surface area contributed by atoms with Gasteiger partial charge >= 0.3 is 0 Å². The summed E-state index contributed by atoms with van der Waals surface area (Å²) in [5, 5.41) is 18.5. The number of rotatable bonds is 8. The summed E-state index contributed by atoms with van der Waals surface area (Å²) in [4.78, 5) is 2.07. The molecule has 0 saturated heterocycles. The molecule has 17 heavy (non-hydrogen) atoms. The van der Waals surface area contributed by atoms with E-state index in [1.165, 1.54) is 5.56 Å². The Morgan fingerprint density at radius 2 is 1.53 bits per heavy atom. The lowest BCUT2D eigenvalue weighted by atomic mass is 10.1. The van der Waals surface area contributed by atoms with Crippen molar-refractivity contribution in [1.82, 2.24) is 4.90 Å². The molecule has 0 unspecified atom stereocenters. The summed E-state index contributed by atoms with van der Waals surface area (Å²) in [5.41, 5.74) is 1.27. The Bertz CT molecular complexity index is 297. The number of nitrogens with zero attached hydrogens (tertiary/aromatic N) is 1. The maximum Gasteiger partial charge on any atom is 0.0558 e. The molecule has 0 atom stereocenters. The monoisotopic (exact) mass is 257 g/mol. The van der Waals surface area contributed by atoms with Crippen LogP contribution in [0.15, 0.2) is 24.3 Å². The average Bonchev–Trinajstić information content (AvgIpc) is 2.32. The number of aliphatic hydroxyl groups is 2. The van der Waals surface area contributed by atoms with Crippen molar-refractivity contribution in [3.8, 4) is 0 Å². The van der Waals surface area contributed by atoms with Gasteiger partial charge in [-0.2, -0.15) is 0 Å². The molecule has 0 saturated carbocycles. The second kappa shape index (κ2) is 8.48. The molecule has 0 heterocycles. The first-order valence-corrected chi connectivity index (χ1v) is 6.32. The summed E-state index contributed by atoms with van der Waals surface area (Å²) >= 11 is 5.81. The summed E-state index contributed by atoms with van der Waals surface area (Å²) in [7, 11) is 0. The van der Waals surface area contributed by atoms with Gasteiger partial charge in [0.15, 0.2) is 0 Å². The lowest BCUT2D eigenvalue weighted by Gasteiger charge is -2.19. The van der Waals surface area contributed by atoms with Gasteiger partial charge in [-0.05, 0) is 37.1 Å². The molecule has 0 bridgehead atoms. The van der Waals surface area contributed by atoms with Crippen molar-refractivity contribution in [2.24, 2.45) is 0 Å². The van der Waals surface area contributed by atoms with Crippen LogP contribution in [-0.2, 0) is 6.42 Å². The van der Waals surface area contributed by atoms with Crippen LogP contribution in [0.5, 0.6) is 0 Å². The molecule has 0 aliphatic rings. The van der Waals surface area contributed by atoms with Gasteiger partial charge in [0, 0.05) is 18.1 Å². The van der Waals surface area contributed by atoms with E-state index in [2.05, 4.69) is 4.90 Å². The van der Waals surface area contributed by atoms with E-state index < -0.39 is 0 Å². The molecule has 0 radical (unpaired) electrons. The van der Waals surface area contributed by atoms with E-state index in [1.54, 1.807) is 0 Å². The molecule has 2 N–H and O–H groups in total. The topological polar surface area (TPSA) is 43.7 Å². The highest BCUT2D eigenvalue weighted by Crippen LogP contribution is 2.11. The molecule has 0 aromatic heterocycles. The smallest absolute Gasteiger partial charge is 0.0558 e. The van der Waals surface area contributed by atoms with E-state index in [1.807, 2.05) is 24.3 Å². The van der Waals surface area contributed by atoms with Crippen LogP contribution in [0, 0.1) is 0 Å². The van der Waals surface area contributed by atoms with Crippen LogP contribution in [0.3, 0.4) is 0 Å². The lowest BCUT2D eigenvalue weighted by Crippen LogP contribution is -2.31. The highest BCUT2D eigenvalue weighted by Gasteiger charge is 2.03. The molecule has 1 aromatic rings. The van der Waals surface area contributed by atoms with Crippen molar-refractivity contribution < 1.29 is 10.2 Å². The third-order valence-corrected chi connectivity index (χ3v) is 2.94. The highest BCUT2D eigenvalue weighted by molar-refractivity contribution is 6.30. The van der Waals surface area contributed by atoms with Gasteiger partial charge in [-0.25, -0.2) is 0 Å². The Morgan fingerprint density at radius 3 is 2.06 bits per heavy atom. The predicted octanol–water partition coefficient (Wildman–Crippen LogP) is 1.56. The minimum atomic E-state index is 0.140. The maximum absolute atomic E-state index is 8.87. The van der Waals surface area contributed by atoms with Gasteiger partial charge in [0.25, 0.3) is 0 Å². The SMILES string of the molecule is OCCN(CCO)CCCc1ccc(Cl)cc1. The van der Waals surface area contributed by atoms with Crippen LogP contribution < -0.4 is 0 Å². The molecule has 0 aliphatic heterocycles. The highest BCUT2D eigenvalue weighted by atomic mass is 35.5. The predicted molar refractivity (Wildman–Crippen MR) is 70.4 cm³/mol. The molecule has 0 fully saturated rings. The van der Waals surface area contributed by atoms with E-state index in [0.717, 1.165) is 24.4 Å². The van der Waals surface area contributed by atoms with Gasteiger partial charge < -0.3 is 10.2 Å². The zero-order valence-electron chi connectivity index (χ0n) is 9.98. The summed E-state index contributed by atoms with van der Waals surface area (Å²) < 4.78 is 0. The van der Waals surface area contributed by atoms with Gasteiger partial charge in [0.1, 0.15) is 0 Å². The number of halogens is 1. The third-order valence-electron chi connectivity index (χ3n) is 2.69. The largest absolute Gasteiger partial charge is 0.395 e. The number of hydrogen-bond acceptors (Lipinski definition) is 3. The quantitative estimate of drug-likeness (QED) is 0.743. The molecule has 1 rings (SSSR count).